The molecule has 0 bridgehead atoms. The summed E-state index contributed by atoms with van der Waals surface area (Å²) in [7, 11) is 0. The predicted molar refractivity (Wildman–Crippen MR) is 76.6 cm³/mol. The van der Waals surface area contributed by atoms with E-state index in [2.05, 4.69) is 5.32 Å². The average molecular weight is 292 g/mol. The lowest BCUT2D eigenvalue weighted by Gasteiger charge is -2.09. The molecular weight excluding hydrogens is 278 g/mol. The predicted octanol–water partition coefficient (Wildman–Crippen LogP) is 4.45. The number of nitro groups is 1. The summed E-state index contributed by atoms with van der Waals surface area (Å²) in [4.78, 5) is 10.5. The number of nitrogens with one attached hydrogen (secondary N) is 1. The molecule has 0 aliphatic heterocycles. The summed E-state index contributed by atoms with van der Waals surface area (Å²) in [5.74, 6) is 0. The maximum Gasteiger partial charge on any atom is 0.292 e. The molecule has 4 nitrogen and oxygen atoms in total. The highest BCUT2D eigenvalue weighted by Gasteiger charge is 2.13. The number of hydrogen-bond donors (Lipinski definition) is 1. The third-order valence-electron chi connectivity index (χ3n) is 3.03. The first-order chi connectivity index (χ1) is 9.97. The van der Waals surface area contributed by atoms with Crippen LogP contribution in [0.1, 0.15) is 23.1 Å². The van der Waals surface area contributed by atoms with Crippen LogP contribution < -0.4 is 5.32 Å². The van der Waals surface area contributed by atoms with E-state index in [1.54, 1.807) is 24.3 Å². The Morgan fingerprint density at radius 3 is 2.67 bits per heavy atom. The van der Waals surface area contributed by atoms with Crippen molar-refractivity contribution in [1.82, 2.24) is 0 Å². The van der Waals surface area contributed by atoms with E-state index in [1.807, 2.05) is 6.92 Å². The molecule has 0 radical (unpaired) electrons. The number of hydrogen-bond acceptors (Lipinski definition) is 3. The minimum atomic E-state index is -2.53. The second-order valence-electron chi connectivity index (χ2n) is 4.68. The topological polar surface area (TPSA) is 55.2 Å². The number of alkyl halides is 2. The zero-order chi connectivity index (χ0) is 15.4. The third-order valence-corrected chi connectivity index (χ3v) is 3.03. The van der Waals surface area contributed by atoms with Crippen LogP contribution in [0, 0.1) is 17.0 Å². The van der Waals surface area contributed by atoms with Crippen LogP contribution in [-0.2, 0) is 6.54 Å². The van der Waals surface area contributed by atoms with Gasteiger partial charge in [0.2, 0.25) is 0 Å². The summed E-state index contributed by atoms with van der Waals surface area (Å²) in [5.41, 5.74) is 1.80. The van der Waals surface area contributed by atoms with Gasteiger partial charge in [0, 0.05) is 18.2 Å². The zero-order valence-corrected chi connectivity index (χ0v) is 11.3. The van der Waals surface area contributed by atoms with E-state index in [1.165, 1.54) is 18.2 Å². The van der Waals surface area contributed by atoms with Crippen LogP contribution in [0.2, 0.25) is 0 Å². The highest BCUT2D eigenvalue weighted by molar-refractivity contribution is 5.62. The van der Waals surface area contributed by atoms with E-state index >= 15 is 0 Å². The molecule has 0 saturated heterocycles. The van der Waals surface area contributed by atoms with E-state index in [4.69, 9.17) is 0 Å². The van der Waals surface area contributed by atoms with E-state index in [-0.39, 0.29) is 17.8 Å². The van der Waals surface area contributed by atoms with E-state index in [0.29, 0.717) is 11.3 Å². The summed E-state index contributed by atoms with van der Waals surface area (Å²) in [6.45, 7) is 2.07. The Hall–Kier alpha value is -2.50. The van der Waals surface area contributed by atoms with Gasteiger partial charge in [-0.1, -0.05) is 24.3 Å². The molecule has 0 heterocycles. The van der Waals surface area contributed by atoms with Gasteiger partial charge in [-0.2, -0.15) is 0 Å². The standard InChI is InChI=1S/C15H14F2N2O2/c1-10-5-6-14(19(20)21)13(7-10)18-9-11-3-2-4-12(8-11)15(16)17/h2-8,15,18H,9H2,1H3. The highest BCUT2D eigenvalue weighted by atomic mass is 19.3. The molecule has 0 fully saturated rings. The molecular formula is C15H14F2N2O2. The van der Waals surface area contributed by atoms with Gasteiger partial charge in [-0.15, -0.1) is 0 Å². The monoisotopic (exact) mass is 292 g/mol. The Morgan fingerprint density at radius 2 is 2.00 bits per heavy atom. The number of anilines is 1. The van der Waals surface area contributed by atoms with E-state index < -0.39 is 11.3 Å². The van der Waals surface area contributed by atoms with Crippen molar-refractivity contribution < 1.29 is 13.7 Å². The van der Waals surface area contributed by atoms with E-state index in [9.17, 15) is 18.9 Å². The number of benzene rings is 2. The molecule has 2 aromatic rings. The Morgan fingerprint density at radius 1 is 1.24 bits per heavy atom. The molecule has 0 aliphatic rings. The van der Waals surface area contributed by atoms with Gasteiger partial charge in [0.15, 0.2) is 0 Å². The number of rotatable bonds is 5. The fourth-order valence-electron chi connectivity index (χ4n) is 1.99. The molecule has 2 aromatic carbocycles. The van der Waals surface area contributed by atoms with Crippen molar-refractivity contribution in [3.8, 4) is 0 Å². The quantitative estimate of drug-likeness (QED) is 0.654. The normalized spacial score (nSPS) is 10.7. The number of aryl methyl sites for hydroxylation is 1. The molecule has 0 aromatic heterocycles. The maximum absolute atomic E-state index is 12.6. The maximum atomic E-state index is 12.6. The first-order valence-corrected chi connectivity index (χ1v) is 6.33. The minimum absolute atomic E-state index is 0.0365. The third kappa shape index (κ3) is 3.75. The number of nitrogens with zero attached hydrogens (tertiary/aromatic N) is 1. The van der Waals surface area contributed by atoms with Crippen molar-refractivity contribution >= 4 is 11.4 Å². The Bertz CT molecular complexity index is 660. The SMILES string of the molecule is Cc1ccc([N+](=O)[O-])c(NCc2cccc(C(F)F)c2)c1. The van der Waals surface area contributed by atoms with Gasteiger partial charge < -0.3 is 5.32 Å². The molecule has 6 heteroatoms. The van der Waals surface area contributed by atoms with Crippen molar-refractivity contribution in [1.29, 1.82) is 0 Å². The van der Waals surface area contributed by atoms with Gasteiger partial charge in [-0.05, 0) is 30.2 Å². The molecule has 1 N–H and O–H groups in total. The van der Waals surface area contributed by atoms with Crippen LogP contribution in [-0.4, -0.2) is 4.92 Å². The summed E-state index contributed by atoms with van der Waals surface area (Å²) in [6.07, 6.45) is -2.53. The summed E-state index contributed by atoms with van der Waals surface area (Å²) in [6, 6.07) is 10.7. The van der Waals surface area contributed by atoms with Crippen molar-refractivity contribution in [2.24, 2.45) is 0 Å². The largest absolute Gasteiger partial charge is 0.375 e. The van der Waals surface area contributed by atoms with E-state index in [0.717, 1.165) is 5.56 Å². The number of halogens is 2. The van der Waals surface area contributed by atoms with Crippen molar-refractivity contribution in [2.75, 3.05) is 5.32 Å². The lowest BCUT2D eigenvalue weighted by Crippen LogP contribution is -2.03. The van der Waals surface area contributed by atoms with Crippen LogP contribution in [0.25, 0.3) is 0 Å². The van der Waals surface area contributed by atoms with Crippen LogP contribution in [0.15, 0.2) is 42.5 Å². The van der Waals surface area contributed by atoms with Crippen molar-refractivity contribution in [2.45, 2.75) is 19.9 Å². The number of nitro benzene ring substituents is 1. The second-order valence-corrected chi connectivity index (χ2v) is 4.68. The first-order valence-electron chi connectivity index (χ1n) is 6.33. The minimum Gasteiger partial charge on any atom is -0.375 e. The van der Waals surface area contributed by atoms with Gasteiger partial charge >= 0.3 is 0 Å². The van der Waals surface area contributed by atoms with Crippen molar-refractivity contribution in [3.63, 3.8) is 0 Å². The summed E-state index contributed by atoms with van der Waals surface area (Å²) >= 11 is 0. The Labute approximate surface area is 120 Å². The molecule has 0 aliphatic carbocycles. The summed E-state index contributed by atoms with van der Waals surface area (Å²) in [5, 5.41) is 13.9. The molecule has 0 amide bonds. The molecule has 110 valence electrons. The van der Waals surface area contributed by atoms with Crippen LogP contribution in [0.4, 0.5) is 20.2 Å². The average Bonchev–Trinajstić information content (AvgIpc) is 2.45. The molecule has 0 spiro atoms. The van der Waals surface area contributed by atoms with Gasteiger partial charge in [0.05, 0.1) is 4.92 Å². The van der Waals surface area contributed by atoms with Gasteiger partial charge in [-0.3, -0.25) is 10.1 Å². The fourth-order valence-corrected chi connectivity index (χ4v) is 1.99. The van der Waals surface area contributed by atoms with Crippen LogP contribution >= 0.6 is 0 Å². The lowest BCUT2D eigenvalue weighted by molar-refractivity contribution is -0.384. The van der Waals surface area contributed by atoms with Crippen molar-refractivity contribution in [3.05, 3.63) is 69.3 Å². The Balaban J connectivity index is 2.18. The Kier molecular flexibility index (Phi) is 4.47. The molecule has 21 heavy (non-hydrogen) atoms. The van der Waals surface area contributed by atoms with Gasteiger partial charge in [-0.25, -0.2) is 8.78 Å². The fraction of sp³-hybridized carbons (Fsp3) is 0.200. The smallest absolute Gasteiger partial charge is 0.292 e. The second kappa shape index (κ2) is 6.30. The van der Waals surface area contributed by atoms with Gasteiger partial charge in [0.1, 0.15) is 5.69 Å². The van der Waals surface area contributed by atoms with Gasteiger partial charge in [0.25, 0.3) is 12.1 Å². The first kappa shape index (κ1) is 14.9. The zero-order valence-electron chi connectivity index (χ0n) is 11.3. The molecule has 0 atom stereocenters. The van der Waals surface area contributed by atoms with Crippen LogP contribution in [0.5, 0.6) is 0 Å². The lowest BCUT2D eigenvalue weighted by atomic mass is 10.1. The molecule has 0 unspecified atom stereocenters. The highest BCUT2D eigenvalue weighted by Crippen LogP contribution is 2.26. The molecule has 2 rings (SSSR count). The molecule has 0 saturated carbocycles. The summed E-state index contributed by atoms with van der Waals surface area (Å²) < 4.78 is 25.2. The van der Waals surface area contributed by atoms with Crippen LogP contribution in [0.3, 0.4) is 0 Å².